The van der Waals surface area contributed by atoms with Gasteiger partial charge in [-0.2, -0.15) is 0 Å². The fraction of sp³-hybridized carbons (Fsp3) is 0.625. The average molecular weight is 246 g/mol. The molecule has 1 saturated heterocycles. The van der Waals surface area contributed by atoms with Crippen LogP contribution in [-0.4, -0.2) is 26.2 Å². The van der Waals surface area contributed by atoms with Crippen LogP contribution in [0.1, 0.15) is 39.2 Å². The molecule has 0 radical (unpaired) electrons. The molecule has 0 aromatic heterocycles. The van der Waals surface area contributed by atoms with E-state index in [0.717, 1.165) is 6.54 Å². The summed E-state index contributed by atoms with van der Waals surface area (Å²) in [6.45, 7) is 9.21. The van der Waals surface area contributed by atoms with Gasteiger partial charge in [0, 0.05) is 24.8 Å². The standard InChI is InChI=1S/C16H26N2/c1-16(2,3)14-9-5-6-10-15(14)18-11-7-8-13(12-18)17-4/h5-6,9-10,13,17H,7-8,11-12H2,1-4H3. The van der Waals surface area contributed by atoms with E-state index < -0.39 is 0 Å². The molecule has 1 aliphatic rings. The molecule has 2 rings (SSSR count). The van der Waals surface area contributed by atoms with Crippen LogP contribution in [0.15, 0.2) is 24.3 Å². The number of piperidine rings is 1. The van der Waals surface area contributed by atoms with E-state index in [2.05, 4.69) is 62.3 Å². The van der Waals surface area contributed by atoms with Crippen LogP contribution in [0.5, 0.6) is 0 Å². The van der Waals surface area contributed by atoms with Crippen LogP contribution in [0.25, 0.3) is 0 Å². The van der Waals surface area contributed by atoms with E-state index in [1.54, 1.807) is 0 Å². The Morgan fingerprint density at radius 3 is 2.61 bits per heavy atom. The second-order valence-electron chi connectivity index (χ2n) is 6.34. The van der Waals surface area contributed by atoms with Gasteiger partial charge in [0.1, 0.15) is 0 Å². The zero-order valence-corrected chi connectivity index (χ0v) is 12.2. The predicted molar refractivity (Wildman–Crippen MR) is 79.4 cm³/mol. The van der Waals surface area contributed by atoms with Crippen molar-refractivity contribution in [2.45, 2.75) is 45.1 Å². The summed E-state index contributed by atoms with van der Waals surface area (Å²) < 4.78 is 0. The number of nitrogens with one attached hydrogen (secondary N) is 1. The highest BCUT2D eigenvalue weighted by Gasteiger charge is 2.24. The molecular weight excluding hydrogens is 220 g/mol. The van der Waals surface area contributed by atoms with E-state index in [1.807, 2.05) is 0 Å². The highest BCUT2D eigenvalue weighted by Crippen LogP contribution is 2.33. The molecule has 2 nitrogen and oxygen atoms in total. The minimum atomic E-state index is 0.211. The summed E-state index contributed by atoms with van der Waals surface area (Å²) in [5, 5.41) is 3.42. The van der Waals surface area contributed by atoms with Crippen molar-refractivity contribution in [2.75, 3.05) is 25.0 Å². The first-order valence-electron chi connectivity index (χ1n) is 7.04. The average Bonchev–Trinajstić information content (AvgIpc) is 2.38. The molecule has 1 unspecified atom stereocenters. The van der Waals surface area contributed by atoms with Crippen LogP contribution >= 0.6 is 0 Å². The topological polar surface area (TPSA) is 15.3 Å². The molecule has 18 heavy (non-hydrogen) atoms. The molecule has 1 fully saturated rings. The van der Waals surface area contributed by atoms with E-state index in [9.17, 15) is 0 Å². The van der Waals surface area contributed by atoms with Gasteiger partial charge in [-0.05, 0) is 36.9 Å². The highest BCUT2D eigenvalue weighted by molar-refractivity contribution is 5.56. The molecular formula is C16H26N2. The highest BCUT2D eigenvalue weighted by atomic mass is 15.2. The second kappa shape index (κ2) is 5.31. The smallest absolute Gasteiger partial charge is 0.0404 e. The zero-order chi connectivity index (χ0) is 13.2. The summed E-state index contributed by atoms with van der Waals surface area (Å²) in [5.41, 5.74) is 3.09. The predicted octanol–water partition coefficient (Wildman–Crippen LogP) is 3.17. The molecule has 0 spiro atoms. The van der Waals surface area contributed by atoms with Gasteiger partial charge in [0.05, 0.1) is 0 Å². The normalized spacial score (nSPS) is 21.1. The first-order valence-corrected chi connectivity index (χ1v) is 7.04. The van der Waals surface area contributed by atoms with Crippen LogP contribution in [0.4, 0.5) is 5.69 Å². The van der Waals surface area contributed by atoms with E-state index in [0.29, 0.717) is 6.04 Å². The van der Waals surface area contributed by atoms with Crippen LogP contribution in [0, 0.1) is 0 Å². The molecule has 1 aliphatic heterocycles. The van der Waals surface area contributed by atoms with Crippen molar-refractivity contribution in [2.24, 2.45) is 0 Å². The summed E-state index contributed by atoms with van der Waals surface area (Å²) in [7, 11) is 2.07. The Kier molecular flexibility index (Phi) is 3.96. The Morgan fingerprint density at radius 1 is 1.22 bits per heavy atom. The second-order valence-corrected chi connectivity index (χ2v) is 6.34. The van der Waals surface area contributed by atoms with Gasteiger partial charge >= 0.3 is 0 Å². The third-order valence-electron chi connectivity index (χ3n) is 3.88. The quantitative estimate of drug-likeness (QED) is 0.862. The first-order chi connectivity index (χ1) is 8.52. The summed E-state index contributed by atoms with van der Waals surface area (Å²) >= 11 is 0. The summed E-state index contributed by atoms with van der Waals surface area (Å²) in [5.74, 6) is 0. The van der Waals surface area contributed by atoms with Gasteiger partial charge in [0.15, 0.2) is 0 Å². The van der Waals surface area contributed by atoms with E-state index in [4.69, 9.17) is 0 Å². The van der Waals surface area contributed by atoms with Crippen molar-refractivity contribution >= 4 is 5.69 Å². The maximum Gasteiger partial charge on any atom is 0.0404 e. The van der Waals surface area contributed by atoms with E-state index in [1.165, 1.54) is 30.6 Å². The Morgan fingerprint density at radius 2 is 1.94 bits per heavy atom. The number of anilines is 1. The van der Waals surface area contributed by atoms with Gasteiger partial charge in [0.25, 0.3) is 0 Å². The van der Waals surface area contributed by atoms with Crippen molar-refractivity contribution < 1.29 is 0 Å². The number of hydrogen-bond donors (Lipinski definition) is 1. The third kappa shape index (κ3) is 2.86. The molecule has 1 aromatic carbocycles. The molecule has 1 N–H and O–H groups in total. The SMILES string of the molecule is CNC1CCCN(c2ccccc2C(C)(C)C)C1. The molecule has 100 valence electrons. The number of benzene rings is 1. The number of para-hydroxylation sites is 1. The maximum absolute atomic E-state index is 3.42. The Hall–Kier alpha value is -1.02. The lowest BCUT2D eigenvalue weighted by Crippen LogP contribution is -2.45. The Bertz CT molecular complexity index is 392. The summed E-state index contributed by atoms with van der Waals surface area (Å²) in [4.78, 5) is 2.55. The molecule has 2 heteroatoms. The number of rotatable bonds is 2. The largest absolute Gasteiger partial charge is 0.370 e. The lowest BCUT2D eigenvalue weighted by molar-refractivity contribution is 0.447. The molecule has 1 heterocycles. The number of hydrogen-bond acceptors (Lipinski definition) is 2. The van der Waals surface area contributed by atoms with Gasteiger partial charge in [0.2, 0.25) is 0 Å². The van der Waals surface area contributed by atoms with Crippen molar-refractivity contribution in [1.82, 2.24) is 5.32 Å². The van der Waals surface area contributed by atoms with Gasteiger partial charge in [-0.3, -0.25) is 0 Å². The fourth-order valence-electron chi connectivity index (χ4n) is 2.82. The molecule has 0 bridgehead atoms. The Balaban J connectivity index is 2.27. The lowest BCUT2D eigenvalue weighted by atomic mass is 9.85. The lowest BCUT2D eigenvalue weighted by Gasteiger charge is -2.37. The van der Waals surface area contributed by atoms with Crippen LogP contribution in [-0.2, 0) is 5.41 Å². The maximum atomic E-state index is 3.42. The van der Waals surface area contributed by atoms with Crippen molar-refractivity contribution in [3.05, 3.63) is 29.8 Å². The summed E-state index contributed by atoms with van der Waals surface area (Å²) in [6.07, 6.45) is 2.58. The first kappa shape index (κ1) is 13.4. The molecule has 1 aromatic rings. The minimum Gasteiger partial charge on any atom is -0.370 e. The molecule has 0 amide bonds. The van der Waals surface area contributed by atoms with Gasteiger partial charge in [-0.1, -0.05) is 39.0 Å². The van der Waals surface area contributed by atoms with Crippen LogP contribution in [0.3, 0.4) is 0 Å². The van der Waals surface area contributed by atoms with E-state index in [-0.39, 0.29) is 5.41 Å². The van der Waals surface area contributed by atoms with Crippen molar-refractivity contribution in [3.8, 4) is 0 Å². The van der Waals surface area contributed by atoms with Gasteiger partial charge in [-0.15, -0.1) is 0 Å². The number of nitrogens with zero attached hydrogens (tertiary/aromatic N) is 1. The third-order valence-corrected chi connectivity index (χ3v) is 3.88. The monoisotopic (exact) mass is 246 g/mol. The number of likely N-dealkylation sites (N-methyl/N-ethyl adjacent to an activating group) is 1. The molecule has 1 atom stereocenters. The summed E-state index contributed by atoms with van der Waals surface area (Å²) in [6, 6.07) is 9.50. The molecule has 0 saturated carbocycles. The zero-order valence-electron chi connectivity index (χ0n) is 12.2. The Labute approximate surface area is 111 Å². The van der Waals surface area contributed by atoms with Gasteiger partial charge < -0.3 is 10.2 Å². The van der Waals surface area contributed by atoms with Crippen molar-refractivity contribution in [1.29, 1.82) is 0 Å². The van der Waals surface area contributed by atoms with Crippen LogP contribution in [0.2, 0.25) is 0 Å². The van der Waals surface area contributed by atoms with Crippen molar-refractivity contribution in [3.63, 3.8) is 0 Å². The van der Waals surface area contributed by atoms with Gasteiger partial charge in [-0.25, -0.2) is 0 Å². The van der Waals surface area contributed by atoms with Crippen LogP contribution < -0.4 is 10.2 Å². The molecule has 0 aliphatic carbocycles. The van der Waals surface area contributed by atoms with E-state index >= 15 is 0 Å². The fourth-order valence-corrected chi connectivity index (χ4v) is 2.82. The minimum absolute atomic E-state index is 0.211.